The molecule has 1 unspecified atom stereocenters. The van der Waals surface area contributed by atoms with Crippen molar-refractivity contribution in [2.45, 2.75) is 47.1 Å². The Labute approximate surface area is 96.7 Å². The molecule has 92 valence electrons. The Morgan fingerprint density at radius 2 is 1.80 bits per heavy atom. The van der Waals surface area contributed by atoms with Crippen LogP contribution in [0.25, 0.3) is 0 Å². The summed E-state index contributed by atoms with van der Waals surface area (Å²) in [6, 6.07) is 0.609. The van der Waals surface area contributed by atoms with Crippen LogP contribution in [-0.2, 0) is 0 Å². The van der Waals surface area contributed by atoms with Gasteiger partial charge >= 0.3 is 0 Å². The molecule has 0 saturated carbocycles. The van der Waals surface area contributed by atoms with E-state index in [4.69, 9.17) is 0 Å². The number of hydrogen-bond donors (Lipinski definition) is 1. The Morgan fingerprint density at radius 1 is 1.27 bits per heavy atom. The van der Waals surface area contributed by atoms with Crippen LogP contribution in [0.4, 0.5) is 0 Å². The first-order valence-electron chi connectivity index (χ1n) is 6.04. The van der Waals surface area contributed by atoms with Crippen molar-refractivity contribution in [3.05, 3.63) is 11.6 Å². The fourth-order valence-corrected chi connectivity index (χ4v) is 1.02. The quantitative estimate of drug-likeness (QED) is 0.684. The molecule has 0 aromatic heterocycles. The maximum absolute atomic E-state index is 3.47. The van der Waals surface area contributed by atoms with E-state index in [9.17, 15) is 0 Å². The zero-order chi connectivity index (χ0) is 12.3. The molecule has 0 aromatic carbocycles. The third-order valence-electron chi connectivity index (χ3n) is 1.99. The van der Waals surface area contributed by atoms with Crippen LogP contribution in [-0.4, -0.2) is 38.1 Å². The summed E-state index contributed by atoms with van der Waals surface area (Å²) in [5.74, 6) is 0. The highest BCUT2D eigenvalue weighted by molar-refractivity contribution is 4.94. The zero-order valence-corrected chi connectivity index (χ0v) is 11.7. The van der Waals surface area contributed by atoms with Gasteiger partial charge in [-0.25, -0.2) is 0 Å². The Morgan fingerprint density at radius 3 is 2.20 bits per heavy atom. The van der Waals surface area contributed by atoms with Gasteiger partial charge in [0.2, 0.25) is 0 Å². The molecular formula is C13H30N2. The second-order valence-corrected chi connectivity index (χ2v) is 4.18. The second-order valence-electron chi connectivity index (χ2n) is 4.18. The van der Waals surface area contributed by atoms with E-state index in [1.807, 2.05) is 13.8 Å². The van der Waals surface area contributed by atoms with E-state index in [1.54, 1.807) is 0 Å². The Bertz CT molecular complexity index is 147. The summed E-state index contributed by atoms with van der Waals surface area (Å²) in [5.41, 5.74) is 1.38. The predicted octanol–water partition coefficient (Wildman–Crippen LogP) is 2.91. The van der Waals surface area contributed by atoms with Gasteiger partial charge in [-0.1, -0.05) is 25.5 Å². The summed E-state index contributed by atoms with van der Waals surface area (Å²) >= 11 is 0. The summed E-state index contributed by atoms with van der Waals surface area (Å²) in [5, 5.41) is 3.47. The first kappa shape index (κ1) is 17.1. The van der Waals surface area contributed by atoms with Crippen LogP contribution in [0.5, 0.6) is 0 Å². The molecule has 0 bridgehead atoms. The molecule has 0 radical (unpaired) electrons. The molecule has 0 spiro atoms. The Balaban J connectivity index is 0. The van der Waals surface area contributed by atoms with Gasteiger partial charge < -0.3 is 10.2 Å². The molecule has 0 heterocycles. The first-order valence-corrected chi connectivity index (χ1v) is 6.04. The van der Waals surface area contributed by atoms with Gasteiger partial charge in [0.15, 0.2) is 0 Å². The Hall–Kier alpha value is -0.340. The molecular weight excluding hydrogens is 184 g/mol. The zero-order valence-electron chi connectivity index (χ0n) is 11.7. The van der Waals surface area contributed by atoms with Crippen molar-refractivity contribution in [2.24, 2.45) is 0 Å². The lowest BCUT2D eigenvalue weighted by Gasteiger charge is -2.15. The van der Waals surface area contributed by atoms with E-state index in [1.165, 1.54) is 12.0 Å². The summed E-state index contributed by atoms with van der Waals surface area (Å²) < 4.78 is 0. The van der Waals surface area contributed by atoms with Gasteiger partial charge in [0.05, 0.1) is 0 Å². The van der Waals surface area contributed by atoms with Crippen molar-refractivity contribution in [1.29, 1.82) is 0 Å². The normalized spacial score (nSPS) is 11.7. The average Bonchev–Trinajstić information content (AvgIpc) is 2.17. The smallest absolute Gasteiger partial charge is 0.0139 e. The van der Waals surface area contributed by atoms with Crippen LogP contribution in [0.3, 0.4) is 0 Å². The minimum Gasteiger partial charge on any atom is -0.311 e. The van der Waals surface area contributed by atoms with Crippen LogP contribution in [0.15, 0.2) is 11.6 Å². The van der Waals surface area contributed by atoms with Gasteiger partial charge in [-0.05, 0) is 47.8 Å². The predicted molar refractivity (Wildman–Crippen MR) is 71.4 cm³/mol. The first-order chi connectivity index (χ1) is 7.02. The van der Waals surface area contributed by atoms with E-state index >= 15 is 0 Å². The third kappa shape index (κ3) is 16.3. The second kappa shape index (κ2) is 11.7. The van der Waals surface area contributed by atoms with E-state index in [-0.39, 0.29) is 0 Å². The maximum atomic E-state index is 3.47. The number of nitrogens with one attached hydrogen (secondary N) is 1. The monoisotopic (exact) mass is 214 g/mol. The highest BCUT2D eigenvalue weighted by atomic mass is 15.1. The standard InChI is InChI=1S/C11H24N2.C2H6/c1-10(2)6-8-12-11(3)7-9-13(4)5;1-2/h6,11-12H,7-9H2,1-5H3;1-2H3. The van der Waals surface area contributed by atoms with Crippen molar-refractivity contribution in [1.82, 2.24) is 10.2 Å². The van der Waals surface area contributed by atoms with Gasteiger partial charge in [0, 0.05) is 12.6 Å². The fraction of sp³-hybridized carbons (Fsp3) is 0.846. The number of allylic oxidation sites excluding steroid dienone is 1. The third-order valence-corrected chi connectivity index (χ3v) is 1.99. The minimum absolute atomic E-state index is 0.609. The van der Waals surface area contributed by atoms with Crippen molar-refractivity contribution < 1.29 is 0 Å². The molecule has 15 heavy (non-hydrogen) atoms. The van der Waals surface area contributed by atoms with Crippen LogP contribution in [0.2, 0.25) is 0 Å². The van der Waals surface area contributed by atoms with E-state index in [2.05, 4.69) is 51.2 Å². The molecule has 0 aliphatic rings. The SMILES string of the molecule is CC.CC(C)=CCNC(C)CCN(C)C. The summed E-state index contributed by atoms with van der Waals surface area (Å²) in [7, 11) is 4.23. The Kier molecular flexibility index (Phi) is 13.4. The lowest BCUT2D eigenvalue weighted by atomic mass is 10.2. The topological polar surface area (TPSA) is 15.3 Å². The van der Waals surface area contributed by atoms with Gasteiger partial charge in [0.25, 0.3) is 0 Å². The molecule has 0 rings (SSSR count). The van der Waals surface area contributed by atoms with Gasteiger partial charge in [-0.2, -0.15) is 0 Å². The van der Waals surface area contributed by atoms with Crippen LogP contribution in [0.1, 0.15) is 41.0 Å². The molecule has 0 amide bonds. The lowest BCUT2D eigenvalue weighted by molar-refractivity contribution is 0.370. The molecule has 2 heteroatoms. The van der Waals surface area contributed by atoms with Crippen molar-refractivity contribution in [2.75, 3.05) is 27.2 Å². The molecule has 2 nitrogen and oxygen atoms in total. The highest BCUT2D eigenvalue weighted by Crippen LogP contribution is 1.92. The number of hydrogen-bond acceptors (Lipinski definition) is 2. The molecule has 1 N–H and O–H groups in total. The van der Waals surface area contributed by atoms with Crippen LogP contribution < -0.4 is 5.32 Å². The van der Waals surface area contributed by atoms with E-state index < -0.39 is 0 Å². The maximum Gasteiger partial charge on any atom is 0.0139 e. The fourth-order valence-electron chi connectivity index (χ4n) is 1.02. The van der Waals surface area contributed by atoms with Crippen molar-refractivity contribution in [3.63, 3.8) is 0 Å². The largest absolute Gasteiger partial charge is 0.311 e. The van der Waals surface area contributed by atoms with E-state index in [0.29, 0.717) is 6.04 Å². The summed E-state index contributed by atoms with van der Waals surface area (Å²) in [4.78, 5) is 2.22. The molecule has 0 fully saturated rings. The molecule has 1 atom stereocenters. The number of rotatable bonds is 6. The molecule has 0 aliphatic heterocycles. The molecule has 0 saturated heterocycles. The van der Waals surface area contributed by atoms with Gasteiger partial charge in [-0.3, -0.25) is 0 Å². The van der Waals surface area contributed by atoms with Gasteiger partial charge in [0.1, 0.15) is 0 Å². The average molecular weight is 214 g/mol. The molecule has 0 aliphatic carbocycles. The van der Waals surface area contributed by atoms with Crippen LogP contribution >= 0.6 is 0 Å². The van der Waals surface area contributed by atoms with Crippen molar-refractivity contribution in [3.8, 4) is 0 Å². The number of nitrogens with zero attached hydrogens (tertiary/aromatic N) is 1. The summed E-state index contributed by atoms with van der Waals surface area (Å²) in [6.45, 7) is 12.7. The lowest BCUT2D eigenvalue weighted by Crippen LogP contribution is -2.29. The highest BCUT2D eigenvalue weighted by Gasteiger charge is 1.99. The summed E-state index contributed by atoms with van der Waals surface area (Å²) in [6.07, 6.45) is 3.44. The van der Waals surface area contributed by atoms with Crippen molar-refractivity contribution >= 4 is 0 Å². The van der Waals surface area contributed by atoms with E-state index in [0.717, 1.165) is 13.1 Å². The molecule has 0 aromatic rings. The minimum atomic E-state index is 0.609. The van der Waals surface area contributed by atoms with Crippen LogP contribution in [0, 0.1) is 0 Å². The van der Waals surface area contributed by atoms with Gasteiger partial charge in [-0.15, -0.1) is 0 Å².